The largest absolute Gasteiger partial charge is 0.494 e. The molecule has 132 valence electrons. The number of rotatable bonds is 5. The minimum absolute atomic E-state index is 0.0907. The van der Waals surface area contributed by atoms with Gasteiger partial charge in [-0.25, -0.2) is 0 Å². The number of ether oxygens (including phenoxy) is 1. The zero-order valence-electron chi connectivity index (χ0n) is 13.7. The second kappa shape index (κ2) is 7.67. The van der Waals surface area contributed by atoms with Crippen molar-refractivity contribution < 1.29 is 14.5 Å². The Kier molecular flexibility index (Phi) is 5.34. The predicted octanol–water partition coefficient (Wildman–Crippen LogP) is 4.40. The van der Waals surface area contributed by atoms with Crippen molar-refractivity contribution in [3.8, 4) is 5.75 Å². The SMILES string of the molecule is CCOc1ccc(/C=C2\SC(=S)N(c3cccc([N+](=O)[O-])c3)C2=O)cc1. The average molecular weight is 386 g/mol. The molecule has 0 spiro atoms. The number of nitrogens with zero attached hydrogens (tertiary/aromatic N) is 2. The molecule has 0 aromatic heterocycles. The van der Waals surface area contributed by atoms with Gasteiger partial charge < -0.3 is 4.74 Å². The lowest BCUT2D eigenvalue weighted by Gasteiger charge is -2.13. The second-order valence-corrected chi connectivity index (χ2v) is 6.97. The molecule has 8 heteroatoms. The van der Waals surface area contributed by atoms with Crippen molar-refractivity contribution >= 4 is 51.7 Å². The second-order valence-electron chi connectivity index (χ2n) is 5.30. The van der Waals surface area contributed by atoms with E-state index in [4.69, 9.17) is 17.0 Å². The summed E-state index contributed by atoms with van der Waals surface area (Å²) in [4.78, 5) is 25.0. The maximum Gasteiger partial charge on any atom is 0.271 e. The van der Waals surface area contributed by atoms with Crippen molar-refractivity contribution in [3.05, 3.63) is 69.1 Å². The van der Waals surface area contributed by atoms with Crippen LogP contribution in [0.15, 0.2) is 53.4 Å². The van der Waals surface area contributed by atoms with Gasteiger partial charge in [0.05, 0.1) is 22.1 Å². The fraction of sp³-hybridized carbons (Fsp3) is 0.111. The first-order valence-corrected chi connectivity index (χ1v) is 8.97. The third kappa shape index (κ3) is 3.76. The average Bonchev–Trinajstić information content (AvgIpc) is 2.90. The van der Waals surface area contributed by atoms with Crippen LogP contribution in [-0.2, 0) is 4.79 Å². The number of anilines is 1. The van der Waals surface area contributed by atoms with Gasteiger partial charge in [-0.3, -0.25) is 19.8 Å². The molecule has 6 nitrogen and oxygen atoms in total. The predicted molar refractivity (Wildman–Crippen MR) is 106 cm³/mol. The maximum atomic E-state index is 12.7. The zero-order valence-corrected chi connectivity index (χ0v) is 15.4. The lowest BCUT2D eigenvalue weighted by Crippen LogP contribution is -2.27. The van der Waals surface area contributed by atoms with Crippen LogP contribution in [0.4, 0.5) is 11.4 Å². The number of nitro groups is 1. The van der Waals surface area contributed by atoms with E-state index in [-0.39, 0.29) is 11.6 Å². The Hall–Kier alpha value is -2.71. The Balaban J connectivity index is 1.86. The fourth-order valence-corrected chi connectivity index (χ4v) is 3.71. The van der Waals surface area contributed by atoms with Crippen LogP contribution < -0.4 is 9.64 Å². The van der Waals surface area contributed by atoms with Gasteiger partial charge in [0, 0.05) is 12.1 Å². The Morgan fingerprint density at radius 1 is 1.27 bits per heavy atom. The Labute approximate surface area is 159 Å². The molecule has 0 radical (unpaired) electrons. The van der Waals surface area contributed by atoms with E-state index in [2.05, 4.69) is 0 Å². The van der Waals surface area contributed by atoms with E-state index in [1.807, 2.05) is 31.2 Å². The fourth-order valence-electron chi connectivity index (χ4n) is 2.41. The van der Waals surface area contributed by atoms with Crippen LogP contribution in [0.25, 0.3) is 6.08 Å². The third-order valence-electron chi connectivity index (χ3n) is 3.58. The van der Waals surface area contributed by atoms with Crippen LogP contribution in [0, 0.1) is 10.1 Å². The summed E-state index contributed by atoms with van der Waals surface area (Å²) < 4.78 is 5.74. The normalized spacial score (nSPS) is 15.6. The molecule has 0 N–H and O–H groups in total. The summed E-state index contributed by atoms with van der Waals surface area (Å²) in [6.07, 6.45) is 1.74. The van der Waals surface area contributed by atoms with E-state index in [1.54, 1.807) is 12.1 Å². The number of thiocarbonyl (C=S) groups is 1. The summed E-state index contributed by atoms with van der Waals surface area (Å²) >= 11 is 6.46. The van der Waals surface area contributed by atoms with Gasteiger partial charge >= 0.3 is 0 Å². The summed E-state index contributed by atoms with van der Waals surface area (Å²) in [6, 6.07) is 13.2. The van der Waals surface area contributed by atoms with Gasteiger partial charge in [-0.1, -0.05) is 42.2 Å². The highest BCUT2D eigenvalue weighted by Gasteiger charge is 2.33. The van der Waals surface area contributed by atoms with Crippen molar-refractivity contribution in [2.75, 3.05) is 11.5 Å². The van der Waals surface area contributed by atoms with Gasteiger partial charge in [0.15, 0.2) is 4.32 Å². The standard InChI is InChI=1S/C18H14N2O4S2/c1-2-24-15-8-6-12(7-9-15)10-16-17(21)19(18(25)26-16)13-4-3-5-14(11-13)20(22)23/h3-11H,2H2,1H3/b16-10-. The van der Waals surface area contributed by atoms with Crippen molar-refractivity contribution in [3.63, 3.8) is 0 Å². The molecule has 0 saturated carbocycles. The lowest BCUT2D eigenvalue weighted by atomic mass is 10.2. The van der Waals surface area contributed by atoms with Crippen LogP contribution in [0.1, 0.15) is 12.5 Å². The smallest absolute Gasteiger partial charge is 0.271 e. The number of benzene rings is 2. The number of hydrogen-bond acceptors (Lipinski definition) is 6. The molecule has 2 aromatic carbocycles. The minimum Gasteiger partial charge on any atom is -0.494 e. The molecule has 1 amide bonds. The van der Waals surface area contributed by atoms with Crippen LogP contribution >= 0.6 is 24.0 Å². The molecule has 0 unspecified atom stereocenters. The van der Waals surface area contributed by atoms with Gasteiger partial charge in [0.25, 0.3) is 11.6 Å². The van der Waals surface area contributed by atoms with E-state index in [1.165, 1.54) is 34.9 Å². The van der Waals surface area contributed by atoms with E-state index < -0.39 is 4.92 Å². The van der Waals surface area contributed by atoms with Crippen LogP contribution in [0.3, 0.4) is 0 Å². The highest BCUT2D eigenvalue weighted by Crippen LogP contribution is 2.37. The number of hydrogen-bond donors (Lipinski definition) is 0. The summed E-state index contributed by atoms with van der Waals surface area (Å²) in [5.41, 5.74) is 1.14. The zero-order chi connectivity index (χ0) is 18.7. The van der Waals surface area contributed by atoms with E-state index in [0.29, 0.717) is 21.5 Å². The molecule has 3 rings (SSSR count). The molecular formula is C18H14N2O4S2. The lowest BCUT2D eigenvalue weighted by molar-refractivity contribution is -0.384. The van der Waals surface area contributed by atoms with E-state index in [0.717, 1.165) is 11.3 Å². The minimum atomic E-state index is -0.503. The Morgan fingerprint density at radius 2 is 2.00 bits per heavy atom. The van der Waals surface area contributed by atoms with Crippen LogP contribution in [0.5, 0.6) is 5.75 Å². The Bertz CT molecular complexity index is 910. The van der Waals surface area contributed by atoms with Crippen molar-refractivity contribution in [1.29, 1.82) is 0 Å². The van der Waals surface area contributed by atoms with Crippen molar-refractivity contribution in [1.82, 2.24) is 0 Å². The van der Waals surface area contributed by atoms with Gasteiger partial charge in [-0.2, -0.15) is 0 Å². The first-order chi connectivity index (χ1) is 12.5. The molecular weight excluding hydrogens is 372 g/mol. The molecule has 1 fully saturated rings. The first kappa shape index (κ1) is 18.1. The summed E-state index contributed by atoms with van der Waals surface area (Å²) in [5.74, 6) is 0.461. The third-order valence-corrected chi connectivity index (χ3v) is 4.88. The molecule has 0 atom stereocenters. The number of thioether (sulfide) groups is 1. The molecule has 2 aromatic rings. The van der Waals surface area contributed by atoms with Gasteiger partial charge in [0.2, 0.25) is 0 Å². The monoisotopic (exact) mass is 386 g/mol. The number of carbonyl (C=O) groups is 1. The summed E-state index contributed by atoms with van der Waals surface area (Å²) in [7, 11) is 0. The van der Waals surface area contributed by atoms with Gasteiger partial charge in [0.1, 0.15) is 5.75 Å². The summed E-state index contributed by atoms with van der Waals surface area (Å²) in [5, 5.41) is 11.0. The molecule has 0 bridgehead atoms. The summed E-state index contributed by atoms with van der Waals surface area (Å²) in [6.45, 7) is 2.49. The highest BCUT2D eigenvalue weighted by molar-refractivity contribution is 8.27. The van der Waals surface area contributed by atoms with Crippen molar-refractivity contribution in [2.24, 2.45) is 0 Å². The maximum absolute atomic E-state index is 12.7. The van der Waals surface area contributed by atoms with Crippen molar-refractivity contribution in [2.45, 2.75) is 6.92 Å². The molecule has 1 aliphatic heterocycles. The highest BCUT2D eigenvalue weighted by atomic mass is 32.2. The van der Waals surface area contributed by atoms with E-state index >= 15 is 0 Å². The van der Waals surface area contributed by atoms with Gasteiger partial charge in [-0.05, 0) is 36.8 Å². The molecule has 26 heavy (non-hydrogen) atoms. The molecule has 0 aliphatic carbocycles. The molecule has 1 aliphatic rings. The topological polar surface area (TPSA) is 72.7 Å². The number of carbonyl (C=O) groups excluding carboxylic acids is 1. The number of nitro benzene ring substituents is 1. The Morgan fingerprint density at radius 3 is 2.65 bits per heavy atom. The quantitative estimate of drug-likeness (QED) is 0.328. The molecule has 1 saturated heterocycles. The van der Waals surface area contributed by atoms with Crippen LogP contribution in [0.2, 0.25) is 0 Å². The van der Waals surface area contributed by atoms with E-state index in [9.17, 15) is 14.9 Å². The van der Waals surface area contributed by atoms with Crippen LogP contribution in [-0.4, -0.2) is 21.8 Å². The number of non-ortho nitro benzene ring substituents is 1. The number of amides is 1. The van der Waals surface area contributed by atoms with Gasteiger partial charge in [-0.15, -0.1) is 0 Å². The molecule has 1 heterocycles. The first-order valence-electron chi connectivity index (χ1n) is 7.75.